The summed E-state index contributed by atoms with van der Waals surface area (Å²) in [7, 11) is 0. The highest BCUT2D eigenvalue weighted by molar-refractivity contribution is 4.67. The van der Waals surface area contributed by atoms with Crippen LogP contribution in [0.4, 0.5) is 0 Å². The summed E-state index contributed by atoms with van der Waals surface area (Å²) in [5.41, 5.74) is 0.0401. The van der Waals surface area contributed by atoms with Gasteiger partial charge in [0, 0.05) is 6.61 Å². The maximum Gasteiger partial charge on any atom is 0.0828 e. The molecule has 0 aromatic heterocycles. The standard InChI is InChI=1S/C12H25O2/c1-10(2)11(3)8-14-9-12(4,5)6-7-13/h10-11H,6-9H2,1-5H3. The van der Waals surface area contributed by atoms with Crippen molar-refractivity contribution in [1.82, 2.24) is 0 Å². The molecule has 0 aromatic rings. The SMILES string of the molecule is CC(C)C(C)COCC(C)(C)CC[O]. The molecule has 85 valence electrons. The molecule has 0 bridgehead atoms. The summed E-state index contributed by atoms with van der Waals surface area (Å²) in [6.07, 6.45) is 0.697. The number of hydrogen-bond donors (Lipinski definition) is 0. The summed E-state index contributed by atoms with van der Waals surface area (Å²) in [5, 5.41) is 10.5. The van der Waals surface area contributed by atoms with Crippen LogP contribution in [-0.4, -0.2) is 19.8 Å². The van der Waals surface area contributed by atoms with Crippen LogP contribution in [0.2, 0.25) is 0 Å². The molecule has 0 aliphatic carbocycles. The van der Waals surface area contributed by atoms with Gasteiger partial charge in [0.05, 0.1) is 13.2 Å². The molecule has 0 heterocycles. The first-order valence-corrected chi connectivity index (χ1v) is 5.55. The molecular formula is C12H25O2. The lowest BCUT2D eigenvalue weighted by Crippen LogP contribution is -2.23. The molecule has 2 heteroatoms. The van der Waals surface area contributed by atoms with E-state index in [1.807, 2.05) is 0 Å². The lowest BCUT2D eigenvalue weighted by Gasteiger charge is -2.24. The zero-order valence-corrected chi connectivity index (χ0v) is 10.3. The Hall–Kier alpha value is -0.0800. The highest BCUT2D eigenvalue weighted by Gasteiger charge is 2.18. The maximum atomic E-state index is 10.5. The molecule has 0 aromatic carbocycles. The van der Waals surface area contributed by atoms with Gasteiger partial charge < -0.3 is 4.74 Å². The summed E-state index contributed by atoms with van der Waals surface area (Å²) in [5.74, 6) is 1.26. The van der Waals surface area contributed by atoms with Gasteiger partial charge in [-0.05, 0) is 23.7 Å². The van der Waals surface area contributed by atoms with Gasteiger partial charge in [-0.15, -0.1) is 0 Å². The summed E-state index contributed by atoms with van der Waals surface area (Å²) < 4.78 is 5.64. The van der Waals surface area contributed by atoms with Gasteiger partial charge in [-0.1, -0.05) is 34.6 Å². The lowest BCUT2D eigenvalue weighted by atomic mass is 9.91. The van der Waals surface area contributed by atoms with Gasteiger partial charge in [0.2, 0.25) is 0 Å². The van der Waals surface area contributed by atoms with Gasteiger partial charge in [-0.3, -0.25) is 0 Å². The molecule has 14 heavy (non-hydrogen) atoms. The Morgan fingerprint density at radius 2 is 1.79 bits per heavy atom. The normalized spacial score (nSPS) is 14.8. The first kappa shape index (κ1) is 13.9. The van der Waals surface area contributed by atoms with Gasteiger partial charge in [0.25, 0.3) is 0 Å². The van der Waals surface area contributed by atoms with Crippen LogP contribution in [0.15, 0.2) is 0 Å². The fraction of sp³-hybridized carbons (Fsp3) is 1.00. The summed E-state index contributed by atoms with van der Waals surface area (Å²) in [6, 6.07) is 0. The molecule has 0 aliphatic rings. The number of ether oxygens (including phenoxy) is 1. The van der Waals surface area contributed by atoms with Crippen LogP contribution in [0.3, 0.4) is 0 Å². The van der Waals surface area contributed by atoms with Gasteiger partial charge in [0.15, 0.2) is 0 Å². The summed E-state index contributed by atoms with van der Waals surface area (Å²) in [6.45, 7) is 12.3. The van der Waals surface area contributed by atoms with Crippen LogP contribution in [0, 0.1) is 17.3 Å². The van der Waals surface area contributed by atoms with E-state index < -0.39 is 0 Å². The topological polar surface area (TPSA) is 29.1 Å². The van der Waals surface area contributed by atoms with Crippen LogP contribution in [0.25, 0.3) is 0 Å². The van der Waals surface area contributed by atoms with Crippen molar-refractivity contribution in [3.05, 3.63) is 0 Å². The second-order valence-electron chi connectivity index (χ2n) is 5.35. The third-order valence-corrected chi connectivity index (χ3v) is 2.79. The molecule has 0 spiro atoms. The van der Waals surface area contributed by atoms with Crippen molar-refractivity contribution in [1.29, 1.82) is 0 Å². The molecule has 1 atom stereocenters. The molecule has 0 fully saturated rings. The Morgan fingerprint density at radius 1 is 1.21 bits per heavy atom. The molecule has 0 saturated heterocycles. The monoisotopic (exact) mass is 201 g/mol. The highest BCUT2D eigenvalue weighted by atomic mass is 16.5. The second-order valence-corrected chi connectivity index (χ2v) is 5.35. The number of hydrogen-bond acceptors (Lipinski definition) is 1. The van der Waals surface area contributed by atoms with E-state index in [1.165, 1.54) is 0 Å². The summed E-state index contributed by atoms with van der Waals surface area (Å²) >= 11 is 0. The minimum Gasteiger partial charge on any atom is -0.381 e. The first-order valence-electron chi connectivity index (χ1n) is 5.55. The Balaban J connectivity index is 3.62. The van der Waals surface area contributed by atoms with Gasteiger partial charge in [-0.25, -0.2) is 5.11 Å². The van der Waals surface area contributed by atoms with E-state index in [1.54, 1.807) is 0 Å². The van der Waals surface area contributed by atoms with Crippen LogP contribution in [0.1, 0.15) is 41.0 Å². The molecule has 0 amide bonds. The van der Waals surface area contributed by atoms with Crippen LogP contribution >= 0.6 is 0 Å². The predicted octanol–water partition coefficient (Wildman–Crippen LogP) is 3.14. The van der Waals surface area contributed by atoms with E-state index >= 15 is 0 Å². The lowest BCUT2D eigenvalue weighted by molar-refractivity contribution is 0.0186. The average molecular weight is 201 g/mol. The van der Waals surface area contributed by atoms with E-state index in [0.717, 1.165) is 6.61 Å². The van der Waals surface area contributed by atoms with E-state index in [0.29, 0.717) is 24.9 Å². The smallest absolute Gasteiger partial charge is 0.0828 e. The molecule has 0 aliphatic heterocycles. The van der Waals surface area contributed by atoms with Crippen molar-refractivity contribution < 1.29 is 9.84 Å². The van der Waals surface area contributed by atoms with Crippen molar-refractivity contribution >= 4 is 0 Å². The zero-order chi connectivity index (χ0) is 11.2. The zero-order valence-electron chi connectivity index (χ0n) is 10.3. The third kappa shape index (κ3) is 6.39. The van der Waals surface area contributed by atoms with Crippen molar-refractivity contribution in [2.24, 2.45) is 17.3 Å². The van der Waals surface area contributed by atoms with E-state index in [9.17, 15) is 5.11 Å². The van der Waals surface area contributed by atoms with Crippen LogP contribution in [0.5, 0.6) is 0 Å². The Labute approximate surface area is 88.7 Å². The highest BCUT2D eigenvalue weighted by Crippen LogP contribution is 2.21. The Morgan fingerprint density at radius 3 is 2.21 bits per heavy atom. The van der Waals surface area contributed by atoms with Crippen molar-refractivity contribution in [2.75, 3.05) is 19.8 Å². The molecule has 1 radical (unpaired) electrons. The molecule has 0 saturated carbocycles. The Kier molecular flexibility index (Phi) is 6.38. The molecule has 1 unspecified atom stereocenters. The predicted molar refractivity (Wildman–Crippen MR) is 58.8 cm³/mol. The van der Waals surface area contributed by atoms with Gasteiger partial charge in [-0.2, -0.15) is 0 Å². The van der Waals surface area contributed by atoms with E-state index in [2.05, 4.69) is 34.6 Å². The molecule has 0 N–H and O–H groups in total. The fourth-order valence-electron chi connectivity index (χ4n) is 1.06. The minimum atomic E-state index is -0.00387. The molecule has 2 nitrogen and oxygen atoms in total. The Bertz CT molecular complexity index is 141. The van der Waals surface area contributed by atoms with Crippen molar-refractivity contribution in [3.8, 4) is 0 Å². The molecular weight excluding hydrogens is 176 g/mol. The molecule has 0 rings (SSSR count). The van der Waals surface area contributed by atoms with Crippen molar-refractivity contribution in [3.63, 3.8) is 0 Å². The van der Waals surface area contributed by atoms with E-state index in [4.69, 9.17) is 4.74 Å². The van der Waals surface area contributed by atoms with Gasteiger partial charge in [0.1, 0.15) is 0 Å². The summed E-state index contributed by atoms with van der Waals surface area (Å²) in [4.78, 5) is 0. The van der Waals surface area contributed by atoms with Crippen LogP contribution < -0.4 is 0 Å². The fourth-order valence-corrected chi connectivity index (χ4v) is 1.06. The number of rotatable bonds is 7. The second kappa shape index (κ2) is 6.41. The minimum absolute atomic E-state index is 0.00387. The third-order valence-electron chi connectivity index (χ3n) is 2.79. The van der Waals surface area contributed by atoms with E-state index in [-0.39, 0.29) is 12.0 Å². The quantitative estimate of drug-likeness (QED) is 0.622. The average Bonchev–Trinajstić information content (AvgIpc) is 2.03. The first-order chi connectivity index (χ1) is 6.39. The van der Waals surface area contributed by atoms with Gasteiger partial charge >= 0.3 is 0 Å². The largest absolute Gasteiger partial charge is 0.381 e. The van der Waals surface area contributed by atoms with Crippen LogP contribution in [-0.2, 0) is 9.84 Å². The van der Waals surface area contributed by atoms with Crippen molar-refractivity contribution in [2.45, 2.75) is 41.0 Å². The maximum absolute atomic E-state index is 10.5.